The molecule has 0 bridgehead atoms. The molecule has 23 heavy (non-hydrogen) atoms. The van der Waals surface area contributed by atoms with Gasteiger partial charge in [-0.3, -0.25) is 4.57 Å². The van der Waals surface area contributed by atoms with Crippen molar-refractivity contribution in [3.05, 3.63) is 18.7 Å². The van der Waals surface area contributed by atoms with E-state index in [0.717, 1.165) is 6.54 Å². The Labute approximate surface area is 141 Å². The number of hydrogen-bond donors (Lipinski definition) is 0. The van der Waals surface area contributed by atoms with Crippen molar-refractivity contribution in [2.24, 2.45) is 0 Å². The van der Waals surface area contributed by atoms with Crippen LogP contribution in [0, 0.1) is 0 Å². The smallest absolute Gasteiger partial charge is 0.267 e. The summed E-state index contributed by atoms with van der Waals surface area (Å²) < 4.78 is 23.4. The summed E-state index contributed by atoms with van der Waals surface area (Å²) in [5.41, 5.74) is 0. The van der Waals surface area contributed by atoms with Crippen molar-refractivity contribution in [1.82, 2.24) is 4.57 Å². The van der Waals surface area contributed by atoms with Gasteiger partial charge in [0.2, 0.25) is 6.33 Å². The van der Waals surface area contributed by atoms with Crippen LogP contribution in [0.5, 0.6) is 0 Å². The minimum absolute atomic E-state index is 0.126. The maximum Gasteiger partial charge on any atom is 0.267 e. The molecule has 1 aromatic heterocycles. The monoisotopic (exact) mass is 348 g/mol. The molecule has 1 rings (SSSR count). The first kappa shape index (κ1) is 22.3. The third-order valence-electron chi connectivity index (χ3n) is 3.21. The second kappa shape index (κ2) is 13.7. The fraction of sp³-hybridized carbons (Fsp3) is 0.812. The van der Waals surface area contributed by atoms with Gasteiger partial charge in [0.25, 0.3) is 7.82 Å². The SMILES string of the molecule is CCCCCCC[n+]1ccn(CC)c1.CCOP(=O)([O-])OCC. The number of phosphoric ester groups is 1. The van der Waals surface area contributed by atoms with Crippen molar-refractivity contribution in [1.29, 1.82) is 0 Å². The Morgan fingerprint density at radius 3 is 2.13 bits per heavy atom. The zero-order chi connectivity index (χ0) is 17.6. The first-order valence-electron chi connectivity index (χ1n) is 8.63. The molecule has 0 saturated heterocycles. The van der Waals surface area contributed by atoms with E-state index in [0.29, 0.717) is 0 Å². The molecule has 0 aliphatic rings. The molecule has 0 aliphatic carbocycles. The predicted octanol–water partition coefficient (Wildman–Crippen LogP) is 3.29. The molecule has 136 valence electrons. The molecule has 0 atom stereocenters. The number of aromatic nitrogens is 2. The van der Waals surface area contributed by atoms with Crippen LogP contribution in [0.2, 0.25) is 0 Å². The zero-order valence-corrected chi connectivity index (χ0v) is 16.0. The fourth-order valence-corrected chi connectivity index (χ4v) is 2.72. The van der Waals surface area contributed by atoms with E-state index < -0.39 is 7.82 Å². The van der Waals surface area contributed by atoms with Gasteiger partial charge in [0, 0.05) is 0 Å². The number of imidazole rings is 1. The average Bonchev–Trinajstić information content (AvgIpc) is 2.95. The second-order valence-corrected chi connectivity index (χ2v) is 6.59. The second-order valence-electron chi connectivity index (χ2n) is 5.18. The van der Waals surface area contributed by atoms with E-state index >= 15 is 0 Å². The Morgan fingerprint density at radius 2 is 1.65 bits per heavy atom. The normalized spacial score (nSPS) is 11.2. The van der Waals surface area contributed by atoms with Gasteiger partial charge >= 0.3 is 0 Å². The average molecular weight is 348 g/mol. The van der Waals surface area contributed by atoms with E-state index in [2.05, 4.69) is 50.8 Å². The van der Waals surface area contributed by atoms with Crippen molar-refractivity contribution in [2.45, 2.75) is 72.9 Å². The molecule has 0 aliphatic heterocycles. The molecule has 0 amide bonds. The maximum absolute atomic E-state index is 10.4. The van der Waals surface area contributed by atoms with Crippen LogP contribution in [-0.4, -0.2) is 17.8 Å². The Balaban J connectivity index is 0.000000468. The highest BCUT2D eigenvalue weighted by atomic mass is 31.2. The lowest BCUT2D eigenvalue weighted by Gasteiger charge is -2.20. The summed E-state index contributed by atoms with van der Waals surface area (Å²) in [6, 6.07) is 0. The van der Waals surface area contributed by atoms with E-state index in [4.69, 9.17) is 0 Å². The van der Waals surface area contributed by atoms with Crippen LogP contribution in [0.25, 0.3) is 0 Å². The molecule has 0 N–H and O–H groups in total. The van der Waals surface area contributed by atoms with Crippen molar-refractivity contribution in [2.75, 3.05) is 13.2 Å². The van der Waals surface area contributed by atoms with Crippen molar-refractivity contribution < 1.29 is 23.1 Å². The molecule has 6 nitrogen and oxygen atoms in total. The molecular weight excluding hydrogens is 315 g/mol. The van der Waals surface area contributed by atoms with Gasteiger partial charge in [-0.05, 0) is 33.6 Å². The van der Waals surface area contributed by atoms with Gasteiger partial charge in [-0.2, -0.15) is 0 Å². The number of aryl methyl sites for hydroxylation is 2. The van der Waals surface area contributed by atoms with Crippen molar-refractivity contribution >= 4 is 7.82 Å². The van der Waals surface area contributed by atoms with Crippen LogP contribution in [0.4, 0.5) is 0 Å². The maximum atomic E-state index is 10.4. The summed E-state index contributed by atoms with van der Waals surface area (Å²) in [5.74, 6) is 0. The largest absolute Gasteiger partial charge is 0.756 e. The minimum atomic E-state index is -3.94. The first-order chi connectivity index (χ1) is 11.0. The van der Waals surface area contributed by atoms with Crippen LogP contribution < -0.4 is 9.46 Å². The standard InChI is InChI=1S/C12H23N2.C4H11O4P/c1-3-5-6-7-8-9-14-11-10-13(4-2)12-14;1-3-7-9(5,6)8-4-2/h10-12H,3-9H2,1-2H3;3-4H2,1-2H3,(H,5,6)/q+1;/p-1. The van der Waals surface area contributed by atoms with Crippen LogP contribution >= 0.6 is 7.82 Å². The summed E-state index contributed by atoms with van der Waals surface area (Å²) in [6.07, 6.45) is 13.3. The van der Waals surface area contributed by atoms with E-state index in [1.54, 1.807) is 13.8 Å². The molecular formula is C16H33N2O4P. The Bertz CT molecular complexity index is 427. The van der Waals surface area contributed by atoms with Gasteiger partial charge in [-0.15, -0.1) is 0 Å². The molecule has 0 aromatic carbocycles. The lowest BCUT2D eigenvalue weighted by molar-refractivity contribution is -0.696. The molecule has 0 spiro atoms. The van der Waals surface area contributed by atoms with Crippen molar-refractivity contribution in [3.63, 3.8) is 0 Å². The number of nitrogens with zero attached hydrogens (tertiary/aromatic N) is 2. The third-order valence-corrected chi connectivity index (χ3v) is 4.35. The first-order valence-corrected chi connectivity index (χ1v) is 10.1. The lowest BCUT2D eigenvalue weighted by Crippen LogP contribution is -2.30. The highest BCUT2D eigenvalue weighted by Crippen LogP contribution is 2.37. The molecule has 0 fully saturated rings. The zero-order valence-electron chi connectivity index (χ0n) is 15.1. The topological polar surface area (TPSA) is 67.4 Å². The predicted molar refractivity (Wildman–Crippen MR) is 89.9 cm³/mol. The van der Waals surface area contributed by atoms with Crippen molar-refractivity contribution in [3.8, 4) is 0 Å². The Hall–Kier alpha value is -0.680. The summed E-state index contributed by atoms with van der Waals surface area (Å²) in [7, 11) is -3.94. The van der Waals surface area contributed by atoms with Gasteiger partial charge in [0.15, 0.2) is 0 Å². The van der Waals surface area contributed by atoms with Crippen LogP contribution in [-0.2, 0) is 26.7 Å². The number of hydrogen-bond acceptors (Lipinski definition) is 4. The minimum Gasteiger partial charge on any atom is -0.756 e. The molecule has 0 radical (unpaired) electrons. The molecule has 1 heterocycles. The Kier molecular flexibility index (Phi) is 13.3. The fourth-order valence-electron chi connectivity index (χ4n) is 2.01. The highest BCUT2D eigenvalue weighted by Gasteiger charge is 2.04. The van der Waals surface area contributed by atoms with Gasteiger partial charge < -0.3 is 13.9 Å². The number of phosphoric acid groups is 1. The van der Waals surface area contributed by atoms with Crippen LogP contribution in [0.1, 0.15) is 59.8 Å². The van der Waals surface area contributed by atoms with Gasteiger partial charge in [-0.25, -0.2) is 9.13 Å². The summed E-state index contributed by atoms with van der Waals surface area (Å²) >= 11 is 0. The van der Waals surface area contributed by atoms with E-state index in [9.17, 15) is 9.46 Å². The van der Waals surface area contributed by atoms with Gasteiger partial charge in [-0.1, -0.05) is 26.2 Å². The molecule has 7 heteroatoms. The van der Waals surface area contributed by atoms with E-state index in [1.807, 2.05) is 0 Å². The number of unbranched alkanes of at least 4 members (excludes halogenated alkanes) is 4. The highest BCUT2D eigenvalue weighted by molar-refractivity contribution is 7.45. The summed E-state index contributed by atoms with van der Waals surface area (Å²) in [6.45, 7) is 10.1. The van der Waals surface area contributed by atoms with E-state index in [-0.39, 0.29) is 13.2 Å². The number of rotatable bonds is 11. The third kappa shape index (κ3) is 12.4. The van der Waals surface area contributed by atoms with Crippen LogP contribution in [0.15, 0.2) is 18.7 Å². The Morgan fingerprint density at radius 1 is 1.04 bits per heavy atom. The quantitative estimate of drug-likeness (QED) is 0.350. The summed E-state index contributed by atoms with van der Waals surface area (Å²) in [5, 5.41) is 0. The molecule has 1 aromatic rings. The summed E-state index contributed by atoms with van der Waals surface area (Å²) in [4.78, 5) is 10.4. The van der Waals surface area contributed by atoms with Gasteiger partial charge in [0.1, 0.15) is 12.4 Å². The molecule has 0 saturated carbocycles. The lowest BCUT2D eigenvalue weighted by atomic mass is 10.1. The van der Waals surface area contributed by atoms with Crippen LogP contribution in [0.3, 0.4) is 0 Å². The van der Waals surface area contributed by atoms with Gasteiger partial charge in [0.05, 0.1) is 26.3 Å². The van der Waals surface area contributed by atoms with E-state index in [1.165, 1.54) is 38.6 Å². The molecule has 0 unspecified atom stereocenters.